The SMILES string of the molecule is CC(C)(C)OC(=O)n1c(=O)n(-c2cncc3ccccc23)c(=O)c2ccc(Br)cc21. The Morgan fingerprint density at radius 3 is 2.50 bits per heavy atom. The second-order valence-electron chi connectivity index (χ2n) is 7.78. The average Bonchev–Trinajstić information content (AvgIpc) is 2.66. The third-order valence-electron chi connectivity index (χ3n) is 4.48. The zero-order valence-corrected chi connectivity index (χ0v) is 18.1. The molecule has 4 aromatic rings. The van der Waals surface area contributed by atoms with E-state index in [4.69, 9.17) is 4.74 Å². The molecule has 0 N–H and O–H groups in total. The minimum atomic E-state index is -0.863. The van der Waals surface area contributed by atoms with Crippen molar-refractivity contribution in [2.24, 2.45) is 0 Å². The smallest absolute Gasteiger partial charge is 0.423 e. The molecule has 0 spiro atoms. The van der Waals surface area contributed by atoms with E-state index in [1.165, 1.54) is 6.20 Å². The molecule has 0 atom stereocenters. The van der Waals surface area contributed by atoms with E-state index in [0.29, 0.717) is 15.5 Å². The topological polar surface area (TPSA) is 83.2 Å². The summed E-state index contributed by atoms with van der Waals surface area (Å²) in [6.45, 7) is 5.12. The highest BCUT2D eigenvalue weighted by atomic mass is 79.9. The molecule has 0 saturated carbocycles. The summed E-state index contributed by atoms with van der Waals surface area (Å²) >= 11 is 3.34. The lowest BCUT2D eigenvalue weighted by molar-refractivity contribution is 0.0535. The van der Waals surface area contributed by atoms with Gasteiger partial charge in [0.2, 0.25) is 0 Å². The largest absolute Gasteiger partial charge is 0.443 e. The van der Waals surface area contributed by atoms with Gasteiger partial charge in [0.25, 0.3) is 5.56 Å². The third-order valence-corrected chi connectivity index (χ3v) is 4.97. The molecule has 0 aliphatic heterocycles. The first kappa shape index (κ1) is 20.0. The van der Waals surface area contributed by atoms with Crippen LogP contribution >= 0.6 is 15.9 Å². The van der Waals surface area contributed by atoms with Crippen molar-refractivity contribution in [3.05, 3.63) is 80.2 Å². The van der Waals surface area contributed by atoms with Crippen LogP contribution in [0.5, 0.6) is 0 Å². The van der Waals surface area contributed by atoms with E-state index in [1.807, 2.05) is 12.1 Å². The molecular formula is C22H18BrN3O4. The van der Waals surface area contributed by atoms with Gasteiger partial charge in [0.15, 0.2) is 0 Å². The fourth-order valence-electron chi connectivity index (χ4n) is 3.26. The van der Waals surface area contributed by atoms with E-state index in [0.717, 1.165) is 14.5 Å². The maximum absolute atomic E-state index is 13.5. The Morgan fingerprint density at radius 2 is 1.77 bits per heavy atom. The zero-order valence-electron chi connectivity index (χ0n) is 16.5. The quantitative estimate of drug-likeness (QED) is 0.417. The molecule has 0 aliphatic carbocycles. The third kappa shape index (κ3) is 3.43. The Labute approximate surface area is 179 Å². The molecule has 30 heavy (non-hydrogen) atoms. The number of hydrogen-bond donors (Lipinski definition) is 0. The predicted molar refractivity (Wildman–Crippen MR) is 118 cm³/mol. The molecule has 0 saturated heterocycles. The summed E-state index contributed by atoms with van der Waals surface area (Å²) in [4.78, 5) is 43.9. The van der Waals surface area contributed by atoms with E-state index >= 15 is 0 Å². The van der Waals surface area contributed by atoms with Gasteiger partial charge in [-0.2, -0.15) is 4.57 Å². The summed E-state index contributed by atoms with van der Waals surface area (Å²) < 4.78 is 7.92. The second kappa shape index (κ2) is 7.21. The van der Waals surface area contributed by atoms with Crippen LogP contribution in [0.1, 0.15) is 20.8 Å². The van der Waals surface area contributed by atoms with Gasteiger partial charge >= 0.3 is 11.8 Å². The van der Waals surface area contributed by atoms with Crippen molar-refractivity contribution in [2.45, 2.75) is 26.4 Å². The van der Waals surface area contributed by atoms with Gasteiger partial charge in [-0.3, -0.25) is 9.78 Å². The molecular weight excluding hydrogens is 450 g/mol. The molecule has 0 fully saturated rings. The molecule has 8 heteroatoms. The molecule has 0 bridgehead atoms. The normalized spacial score (nSPS) is 11.7. The number of fused-ring (bicyclic) bond motifs is 2. The Kier molecular flexibility index (Phi) is 4.82. The minimum absolute atomic E-state index is 0.165. The Hall–Kier alpha value is -3.26. The first-order valence-corrected chi connectivity index (χ1v) is 10.0. The van der Waals surface area contributed by atoms with Crippen LogP contribution in [-0.4, -0.2) is 25.8 Å². The summed E-state index contributed by atoms with van der Waals surface area (Å²) in [5.41, 5.74) is -1.72. The average molecular weight is 468 g/mol. The van der Waals surface area contributed by atoms with Gasteiger partial charge in [-0.25, -0.2) is 14.2 Å². The van der Waals surface area contributed by atoms with Gasteiger partial charge in [0.1, 0.15) is 5.60 Å². The number of aromatic nitrogens is 3. The van der Waals surface area contributed by atoms with E-state index in [1.54, 1.807) is 57.3 Å². The van der Waals surface area contributed by atoms with Crippen molar-refractivity contribution in [1.29, 1.82) is 0 Å². The number of carbonyl (C=O) groups excluding carboxylic acids is 1. The van der Waals surface area contributed by atoms with Crippen LogP contribution in [0.2, 0.25) is 0 Å². The maximum atomic E-state index is 13.5. The molecule has 2 aromatic heterocycles. The number of carbonyl (C=O) groups is 1. The summed E-state index contributed by atoms with van der Waals surface area (Å²) in [5, 5.41) is 1.64. The molecule has 0 aliphatic rings. The number of hydrogen-bond acceptors (Lipinski definition) is 5. The van der Waals surface area contributed by atoms with Crippen molar-refractivity contribution in [2.75, 3.05) is 0 Å². The summed E-state index contributed by atoms with van der Waals surface area (Å²) in [5.74, 6) is 0. The van der Waals surface area contributed by atoms with Gasteiger partial charge in [-0.15, -0.1) is 0 Å². The van der Waals surface area contributed by atoms with E-state index in [-0.39, 0.29) is 10.9 Å². The second-order valence-corrected chi connectivity index (χ2v) is 8.70. The van der Waals surface area contributed by atoms with Crippen LogP contribution in [0, 0.1) is 0 Å². The molecule has 2 aromatic carbocycles. The number of benzene rings is 2. The maximum Gasteiger partial charge on any atom is 0.423 e. The molecule has 0 amide bonds. The summed E-state index contributed by atoms with van der Waals surface area (Å²) in [7, 11) is 0. The highest BCUT2D eigenvalue weighted by Crippen LogP contribution is 2.21. The first-order chi connectivity index (χ1) is 14.2. The Balaban J connectivity index is 2.14. The van der Waals surface area contributed by atoms with E-state index in [2.05, 4.69) is 20.9 Å². The zero-order chi connectivity index (χ0) is 21.6. The lowest BCUT2D eigenvalue weighted by Gasteiger charge is -2.21. The highest BCUT2D eigenvalue weighted by molar-refractivity contribution is 9.10. The number of pyridine rings is 1. The van der Waals surface area contributed by atoms with Gasteiger partial charge in [0.05, 0.1) is 22.8 Å². The van der Waals surface area contributed by atoms with Gasteiger partial charge in [-0.1, -0.05) is 40.2 Å². The first-order valence-electron chi connectivity index (χ1n) is 9.21. The lowest BCUT2D eigenvalue weighted by atomic mass is 10.1. The number of nitrogens with zero attached hydrogens (tertiary/aromatic N) is 3. The molecule has 152 valence electrons. The van der Waals surface area contributed by atoms with Crippen molar-refractivity contribution < 1.29 is 9.53 Å². The van der Waals surface area contributed by atoms with Crippen molar-refractivity contribution in [3.8, 4) is 5.69 Å². The van der Waals surface area contributed by atoms with E-state index < -0.39 is 22.9 Å². The monoisotopic (exact) mass is 467 g/mol. The highest BCUT2D eigenvalue weighted by Gasteiger charge is 2.24. The van der Waals surface area contributed by atoms with E-state index in [9.17, 15) is 14.4 Å². The van der Waals surface area contributed by atoms with Gasteiger partial charge in [0, 0.05) is 21.4 Å². The van der Waals surface area contributed by atoms with Crippen LogP contribution < -0.4 is 11.2 Å². The molecule has 2 heterocycles. The predicted octanol–water partition coefficient (Wildman–Crippen LogP) is 4.25. The summed E-state index contributed by atoms with van der Waals surface area (Å²) in [6.07, 6.45) is 2.22. The fourth-order valence-corrected chi connectivity index (χ4v) is 3.61. The molecule has 0 unspecified atom stereocenters. The van der Waals surface area contributed by atoms with Crippen LogP contribution in [-0.2, 0) is 4.74 Å². The Morgan fingerprint density at radius 1 is 1.03 bits per heavy atom. The minimum Gasteiger partial charge on any atom is -0.443 e. The number of ether oxygens (including phenoxy) is 1. The number of halogens is 1. The van der Waals surface area contributed by atoms with Crippen LogP contribution in [0.4, 0.5) is 4.79 Å². The van der Waals surface area contributed by atoms with Gasteiger partial charge in [-0.05, 0) is 39.0 Å². The van der Waals surface area contributed by atoms with Crippen LogP contribution in [0.15, 0.2) is 68.9 Å². The molecule has 4 rings (SSSR count). The lowest BCUT2D eigenvalue weighted by Crippen LogP contribution is -2.43. The number of rotatable bonds is 1. The van der Waals surface area contributed by atoms with Gasteiger partial charge < -0.3 is 4.74 Å². The van der Waals surface area contributed by atoms with Crippen molar-refractivity contribution in [3.63, 3.8) is 0 Å². The fraction of sp³-hybridized carbons (Fsp3) is 0.182. The van der Waals surface area contributed by atoms with Crippen molar-refractivity contribution >= 4 is 43.7 Å². The van der Waals surface area contributed by atoms with Crippen molar-refractivity contribution in [1.82, 2.24) is 14.1 Å². The Bertz CT molecular complexity index is 1430. The van der Waals surface area contributed by atoms with Crippen LogP contribution in [0.25, 0.3) is 27.4 Å². The molecule has 0 radical (unpaired) electrons. The van der Waals surface area contributed by atoms with Crippen LogP contribution in [0.3, 0.4) is 0 Å². The molecule has 7 nitrogen and oxygen atoms in total. The standard InChI is InChI=1S/C22H18BrN3O4/c1-22(2,3)30-21(29)26-17-10-14(23)8-9-16(17)19(27)25(20(26)28)18-12-24-11-13-6-4-5-7-15(13)18/h4-12H,1-3H3. The summed E-state index contributed by atoms with van der Waals surface area (Å²) in [6, 6.07) is 12.1.